The molecule has 0 radical (unpaired) electrons. The van der Waals surface area contributed by atoms with Gasteiger partial charge in [0.25, 0.3) is 0 Å². The molecule has 1 aliphatic heterocycles. The Morgan fingerprint density at radius 1 is 1.15 bits per heavy atom. The first-order valence-electron chi connectivity index (χ1n) is 7.97. The third-order valence-electron chi connectivity index (χ3n) is 4.33. The molecule has 1 aromatic carbocycles. The van der Waals surface area contributed by atoms with Crippen molar-refractivity contribution in [1.29, 1.82) is 0 Å². The molecule has 1 saturated heterocycles. The molecule has 0 spiro atoms. The van der Waals surface area contributed by atoms with Gasteiger partial charge in [-0.1, -0.05) is 46.8 Å². The Bertz CT molecular complexity index is 414. The van der Waals surface area contributed by atoms with Gasteiger partial charge in [-0.15, -0.1) is 0 Å². The summed E-state index contributed by atoms with van der Waals surface area (Å²) in [6, 6.07) is 9.77. The molecule has 1 atom stereocenters. The van der Waals surface area contributed by atoms with Crippen molar-refractivity contribution in [2.24, 2.45) is 5.92 Å². The monoisotopic (exact) mass is 274 g/mol. The summed E-state index contributed by atoms with van der Waals surface area (Å²) in [5, 5.41) is 3.67. The van der Waals surface area contributed by atoms with Crippen LogP contribution in [0.25, 0.3) is 0 Å². The standard InChI is InChI=1S/C18H30N2/c1-14(2)17-13-20(12-6-11-19-17)16-9-7-15(8-10-16)18(3,4)5/h7-10,14,17,19H,6,11-13H2,1-5H3. The number of hydrogen-bond donors (Lipinski definition) is 1. The summed E-state index contributed by atoms with van der Waals surface area (Å²) in [6.45, 7) is 14.8. The molecular formula is C18H30N2. The average Bonchev–Trinajstić information content (AvgIpc) is 2.63. The van der Waals surface area contributed by atoms with Gasteiger partial charge in [0.15, 0.2) is 0 Å². The van der Waals surface area contributed by atoms with Crippen molar-refractivity contribution in [3.8, 4) is 0 Å². The van der Waals surface area contributed by atoms with Gasteiger partial charge in [0, 0.05) is 24.8 Å². The molecule has 1 aromatic rings. The quantitative estimate of drug-likeness (QED) is 0.882. The predicted molar refractivity (Wildman–Crippen MR) is 88.6 cm³/mol. The molecule has 2 nitrogen and oxygen atoms in total. The highest BCUT2D eigenvalue weighted by atomic mass is 15.2. The SMILES string of the molecule is CC(C)C1CN(c2ccc(C(C)(C)C)cc2)CCCN1. The zero-order valence-corrected chi connectivity index (χ0v) is 13.7. The van der Waals surface area contributed by atoms with Crippen LogP contribution in [0.3, 0.4) is 0 Å². The van der Waals surface area contributed by atoms with Crippen LogP contribution < -0.4 is 10.2 Å². The summed E-state index contributed by atoms with van der Waals surface area (Å²) in [6.07, 6.45) is 1.23. The first-order valence-corrected chi connectivity index (χ1v) is 7.97. The van der Waals surface area contributed by atoms with E-state index in [9.17, 15) is 0 Å². The van der Waals surface area contributed by atoms with Gasteiger partial charge < -0.3 is 10.2 Å². The third-order valence-corrected chi connectivity index (χ3v) is 4.33. The van der Waals surface area contributed by atoms with Crippen molar-refractivity contribution < 1.29 is 0 Å². The van der Waals surface area contributed by atoms with Crippen LogP contribution in [0.1, 0.15) is 46.6 Å². The van der Waals surface area contributed by atoms with Crippen LogP contribution in [0.4, 0.5) is 5.69 Å². The fraction of sp³-hybridized carbons (Fsp3) is 0.667. The van der Waals surface area contributed by atoms with E-state index in [2.05, 4.69) is 69.1 Å². The van der Waals surface area contributed by atoms with Gasteiger partial charge in [-0.2, -0.15) is 0 Å². The zero-order valence-electron chi connectivity index (χ0n) is 13.7. The van der Waals surface area contributed by atoms with Crippen LogP contribution in [-0.4, -0.2) is 25.7 Å². The molecule has 112 valence electrons. The van der Waals surface area contributed by atoms with E-state index in [0.29, 0.717) is 12.0 Å². The van der Waals surface area contributed by atoms with Gasteiger partial charge in [0.1, 0.15) is 0 Å². The van der Waals surface area contributed by atoms with Crippen LogP contribution >= 0.6 is 0 Å². The highest BCUT2D eigenvalue weighted by molar-refractivity contribution is 5.49. The minimum absolute atomic E-state index is 0.235. The average molecular weight is 274 g/mol. The van der Waals surface area contributed by atoms with Gasteiger partial charge >= 0.3 is 0 Å². The highest BCUT2D eigenvalue weighted by Crippen LogP contribution is 2.25. The van der Waals surface area contributed by atoms with E-state index in [1.54, 1.807) is 0 Å². The Morgan fingerprint density at radius 3 is 2.35 bits per heavy atom. The molecule has 1 unspecified atom stereocenters. The van der Waals surface area contributed by atoms with Crippen molar-refractivity contribution >= 4 is 5.69 Å². The molecule has 1 aliphatic rings. The maximum absolute atomic E-state index is 3.67. The Kier molecular flexibility index (Phi) is 4.74. The Labute approximate surface area is 124 Å². The van der Waals surface area contributed by atoms with Crippen molar-refractivity contribution in [1.82, 2.24) is 5.32 Å². The van der Waals surface area contributed by atoms with Crippen molar-refractivity contribution in [3.63, 3.8) is 0 Å². The van der Waals surface area contributed by atoms with Gasteiger partial charge in [-0.25, -0.2) is 0 Å². The van der Waals surface area contributed by atoms with E-state index in [4.69, 9.17) is 0 Å². The van der Waals surface area contributed by atoms with Gasteiger partial charge in [0.2, 0.25) is 0 Å². The number of benzene rings is 1. The van der Waals surface area contributed by atoms with Crippen LogP contribution in [0.15, 0.2) is 24.3 Å². The molecule has 1 heterocycles. The maximum atomic E-state index is 3.67. The lowest BCUT2D eigenvalue weighted by molar-refractivity contribution is 0.420. The molecule has 0 saturated carbocycles. The highest BCUT2D eigenvalue weighted by Gasteiger charge is 2.21. The first kappa shape index (κ1) is 15.4. The molecule has 0 aromatic heterocycles. The molecule has 0 bridgehead atoms. The predicted octanol–water partition coefficient (Wildman–Crippen LogP) is 3.81. The van der Waals surface area contributed by atoms with E-state index in [0.717, 1.165) is 19.6 Å². The Balaban J connectivity index is 2.13. The van der Waals surface area contributed by atoms with E-state index in [-0.39, 0.29) is 5.41 Å². The Morgan fingerprint density at radius 2 is 1.80 bits per heavy atom. The fourth-order valence-electron chi connectivity index (χ4n) is 2.80. The molecule has 1 fully saturated rings. The number of anilines is 1. The molecule has 2 heteroatoms. The molecule has 0 aliphatic carbocycles. The molecule has 1 N–H and O–H groups in total. The first-order chi connectivity index (χ1) is 9.38. The van der Waals surface area contributed by atoms with Gasteiger partial charge in [-0.3, -0.25) is 0 Å². The minimum Gasteiger partial charge on any atom is -0.370 e. The van der Waals surface area contributed by atoms with Crippen LogP contribution in [0, 0.1) is 5.92 Å². The summed E-state index contributed by atoms with van der Waals surface area (Å²) in [5.41, 5.74) is 3.02. The zero-order chi connectivity index (χ0) is 14.8. The minimum atomic E-state index is 0.235. The van der Waals surface area contributed by atoms with Crippen LogP contribution in [-0.2, 0) is 5.41 Å². The lowest BCUT2D eigenvalue weighted by Crippen LogP contribution is -2.41. The summed E-state index contributed by atoms with van der Waals surface area (Å²) in [7, 11) is 0. The summed E-state index contributed by atoms with van der Waals surface area (Å²) >= 11 is 0. The van der Waals surface area contributed by atoms with Gasteiger partial charge in [-0.05, 0) is 42.0 Å². The van der Waals surface area contributed by atoms with E-state index in [1.165, 1.54) is 17.7 Å². The second-order valence-corrected chi connectivity index (χ2v) is 7.40. The number of nitrogens with one attached hydrogen (secondary N) is 1. The largest absolute Gasteiger partial charge is 0.370 e. The van der Waals surface area contributed by atoms with E-state index in [1.807, 2.05) is 0 Å². The molecule has 2 rings (SSSR count). The lowest BCUT2D eigenvalue weighted by atomic mass is 9.87. The van der Waals surface area contributed by atoms with Crippen molar-refractivity contribution in [2.45, 2.75) is 52.5 Å². The lowest BCUT2D eigenvalue weighted by Gasteiger charge is -2.29. The number of rotatable bonds is 2. The third kappa shape index (κ3) is 3.76. The summed E-state index contributed by atoms with van der Waals surface area (Å²) in [4.78, 5) is 2.54. The van der Waals surface area contributed by atoms with E-state index < -0.39 is 0 Å². The number of hydrogen-bond acceptors (Lipinski definition) is 2. The normalized spacial score (nSPS) is 21.1. The topological polar surface area (TPSA) is 15.3 Å². The molecule has 20 heavy (non-hydrogen) atoms. The Hall–Kier alpha value is -1.02. The number of nitrogens with zero attached hydrogens (tertiary/aromatic N) is 1. The van der Waals surface area contributed by atoms with Crippen molar-refractivity contribution in [3.05, 3.63) is 29.8 Å². The second-order valence-electron chi connectivity index (χ2n) is 7.40. The van der Waals surface area contributed by atoms with Crippen molar-refractivity contribution in [2.75, 3.05) is 24.5 Å². The van der Waals surface area contributed by atoms with Crippen LogP contribution in [0.5, 0.6) is 0 Å². The van der Waals surface area contributed by atoms with Crippen LogP contribution in [0.2, 0.25) is 0 Å². The molecule has 0 amide bonds. The molecular weight excluding hydrogens is 244 g/mol. The van der Waals surface area contributed by atoms with Gasteiger partial charge in [0.05, 0.1) is 0 Å². The fourth-order valence-corrected chi connectivity index (χ4v) is 2.80. The summed E-state index contributed by atoms with van der Waals surface area (Å²) in [5.74, 6) is 0.685. The van der Waals surface area contributed by atoms with E-state index >= 15 is 0 Å². The second kappa shape index (κ2) is 6.17. The maximum Gasteiger partial charge on any atom is 0.0366 e. The smallest absolute Gasteiger partial charge is 0.0366 e. The summed E-state index contributed by atoms with van der Waals surface area (Å²) < 4.78 is 0.